The minimum atomic E-state index is -0.113. The van der Waals surface area contributed by atoms with Crippen LogP contribution in [0.15, 0.2) is 47.2 Å². The van der Waals surface area contributed by atoms with Gasteiger partial charge in [-0.25, -0.2) is 4.98 Å². The van der Waals surface area contributed by atoms with Gasteiger partial charge in [0.2, 0.25) is 11.8 Å². The highest BCUT2D eigenvalue weighted by molar-refractivity contribution is 7.20. The SMILES string of the molecule is O=C(Cc1csc(-c2cccs2)n1)Nc1cccc(N2CCCC2=O)c1. The molecule has 7 heteroatoms. The molecule has 0 saturated carbocycles. The highest BCUT2D eigenvalue weighted by Gasteiger charge is 2.21. The first kappa shape index (κ1) is 16.9. The van der Waals surface area contributed by atoms with Gasteiger partial charge in [0.25, 0.3) is 0 Å². The summed E-state index contributed by atoms with van der Waals surface area (Å²) in [5.74, 6) is 0.0231. The van der Waals surface area contributed by atoms with Crippen LogP contribution in [0.3, 0.4) is 0 Å². The zero-order valence-electron chi connectivity index (χ0n) is 14.0. The molecule has 1 aromatic carbocycles. The van der Waals surface area contributed by atoms with Crippen LogP contribution >= 0.6 is 22.7 Å². The van der Waals surface area contributed by atoms with Crippen LogP contribution in [-0.4, -0.2) is 23.3 Å². The number of aromatic nitrogens is 1. The van der Waals surface area contributed by atoms with Crippen molar-refractivity contribution in [3.05, 3.63) is 52.9 Å². The van der Waals surface area contributed by atoms with Gasteiger partial charge in [0, 0.05) is 29.7 Å². The summed E-state index contributed by atoms with van der Waals surface area (Å²) in [6, 6.07) is 11.4. The van der Waals surface area contributed by atoms with Crippen molar-refractivity contribution in [3.63, 3.8) is 0 Å². The Morgan fingerprint density at radius 1 is 1.23 bits per heavy atom. The normalized spacial score (nSPS) is 14.0. The van der Waals surface area contributed by atoms with Gasteiger partial charge in [-0.1, -0.05) is 12.1 Å². The summed E-state index contributed by atoms with van der Waals surface area (Å²) >= 11 is 3.19. The Bertz CT molecular complexity index is 934. The van der Waals surface area contributed by atoms with Crippen LogP contribution in [0.2, 0.25) is 0 Å². The number of amides is 2. The first-order valence-corrected chi connectivity index (χ1v) is 10.1. The Labute approximate surface area is 159 Å². The molecule has 0 bridgehead atoms. The summed E-state index contributed by atoms with van der Waals surface area (Å²) in [5, 5.41) is 7.79. The van der Waals surface area contributed by atoms with Gasteiger partial charge in [-0.05, 0) is 36.1 Å². The maximum Gasteiger partial charge on any atom is 0.230 e. The van der Waals surface area contributed by atoms with E-state index in [0.29, 0.717) is 12.1 Å². The summed E-state index contributed by atoms with van der Waals surface area (Å²) in [4.78, 5) is 31.7. The third kappa shape index (κ3) is 3.68. The van der Waals surface area contributed by atoms with Gasteiger partial charge >= 0.3 is 0 Å². The lowest BCUT2D eigenvalue weighted by molar-refractivity contribution is -0.117. The minimum Gasteiger partial charge on any atom is -0.326 e. The van der Waals surface area contributed by atoms with Crippen LogP contribution in [0, 0.1) is 0 Å². The van der Waals surface area contributed by atoms with Gasteiger partial charge in [-0.15, -0.1) is 22.7 Å². The molecule has 1 fully saturated rings. The minimum absolute atomic E-state index is 0.113. The number of thiazole rings is 1. The molecule has 2 amide bonds. The number of carbonyl (C=O) groups excluding carboxylic acids is 2. The molecule has 0 spiro atoms. The van der Waals surface area contributed by atoms with Crippen molar-refractivity contribution < 1.29 is 9.59 Å². The average Bonchev–Trinajstić information content (AvgIpc) is 3.35. The standard InChI is InChI=1S/C19H17N3O2S2/c23-17(11-14-12-26-19(21-14)16-6-3-9-25-16)20-13-4-1-5-15(10-13)22-8-2-7-18(22)24/h1,3-6,9-10,12H,2,7-8,11H2,(H,20,23). The Morgan fingerprint density at radius 2 is 2.15 bits per heavy atom. The Balaban J connectivity index is 1.41. The van der Waals surface area contributed by atoms with Crippen LogP contribution in [0.1, 0.15) is 18.5 Å². The molecule has 1 saturated heterocycles. The lowest BCUT2D eigenvalue weighted by Gasteiger charge is -2.16. The van der Waals surface area contributed by atoms with Crippen LogP contribution in [0.25, 0.3) is 9.88 Å². The Kier molecular flexibility index (Phi) is 4.81. The van der Waals surface area contributed by atoms with E-state index in [1.165, 1.54) is 0 Å². The van der Waals surface area contributed by atoms with Crippen molar-refractivity contribution in [1.82, 2.24) is 4.98 Å². The topological polar surface area (TPSA) is 62.3 Å². The number of rotatable bonds is 5. The summed E-state index contributed by atoms with van der Waals surface area (Å²) in [5.41, 5.74) is 2.29. The smallest absolute Gasteiger partial charge is 0.230 e. The van der Waals surface area contributed by atoms with Crippen LogP contribution in [0.4, 0.5) is 11.4 Å². The van der Waals surface area contributed by atoms with Gasteiger partial charge in [-0.2, -0.15) is 0 Å². The third-order valence-corrected chi connectivity index (χ3v) is 6.07. The molecule has 1 aliphatic rings. The number of nitrogens with one attached hydrogen (secondary N) is 1. The molecule has 0 atom stereocenters. The molecule has 132 valence electrons. The molecule has 0 aliphatic carbocycles. The molecular weight excluding hydrogens is 366 g/mol. The van der Waals surface area contributed by atoms with E-state index in [2.05, 4.69) is 10.3 Å². The van der Waals surface area contributed by atoms with Crippen LogP contribution in [0.5, 0.6) is 0 Å². The fourth-order valence-electron chi connectivity index (χ4n) is 2.94. The Morgan fingerprint density at radius 3 is 2.92 bits per heavy atom. The first-order valence-electron chi connectivity index (χ1n) is 8.37. The van der Waals surface area contributed by atoms with Crippen molar-refractivity contribution in [3.8, 4) is 9.88 Å². The zero-order chi connectivity index (χ0) is 17.9. The van der Waals surface area contributed by atoms with Crippen molar-refractivity contribution in [1.29, 1.82) is 0 Å². The molecule has 5 nitrogen and oxygen atoms in total. The first-order chi connectivity index (χ1) is 12.7. The third-order valence-electron chi connectivity index (χ3n) is 4.14. The lowest BCUT2D eigenvalue weighted by atomic mass is 10.2. The van der Waals surface area contributed by atoms with Crippen molar-refractivity contribution in [2.45, 2.75) is 19.3 Å². The quantitative estimate of drug-likeness (QED) is 0.719. The number of thiophene rings is 1. The van der Waals surface area contributed by atoms with Gasteiger partial charge in [-0.3, -0.25) is 9.59 Å². The maximum atomic E-state index is 12.4. The highest BCUT2D eigenvalue weighted by Crippen LogP contribution is 2.28. The van der Waals surface area contributed by atoms with Crippen LogP contribution in [-0.2, 0) is 16.0 Å². The van der Waals surface area contributed by atoms with Gasteiger partial charge in [0.05, 0.1) is 17.0 Å². The number of anilines is 2. The molecular formula is C19H17N3O2S2. The zero-order valence-corrected chi connectivity index (χ0v) is 15.6. The highest BCUT2D eigenvalue weighted by atomic mass is 32.1. The maximum absolute atomic E-state index is 12.4. The van der Waals surface area contributed by atoms with E-state index in [0.717, 1.165) is 34.2 Å². The lowest BCUT2D eigenvalue weighted by Crippen LogP contribution is -2.23. The van der Waals surface area contributed by atoms with Gasteiger partial charge in [0.15, 0.2) is 0 Å². The summed E-state index contributed by atoms with van der Waals surface area (Å²) in [7, 11) is 0. The molecule has 3 heterocycles. The van der Waals surface area contributed by atoms with Crippen LogP contribution < -0.4 is 10.2 Å². The van der Waals surface area contributed by atoms with E-state index >= 15 is 0 Å². The number of hydrogen-bond donors (Lipinski definition) is 1. The number of nitrogens with zero attached hydrogens (tertiary/aromatic N) is 2. The fourth-order valence-corrected chi connectivity index (χ4v) is 4.58. The van der Waals surface area contributed by atoms with Crippen molar-refractivity contribution in [2.75, 3.05) is 16.8 Å². The van der Waals surface area contributed by atoms with E-state index in [4.69, 9.17) is 0 Å². The predicted molar refractivity (Wildman–Crippen MR) is 106 cm³/mol. The van der Waals surface area contributed by atoms with E-state index < -0.39 is 0 Å². The molecule has 1 aliphatic heterocycles. The van der Waals surface area contributed by atoms with E-state index in [1.54, 1.807) is 27.6 Å². The molecule has 0 radical (unpaired) electrons. The average molecular weight is 383 g/mol. The largest absolute Gasteiger partial charge is 0.326 e. The second kappa shape index (κ2) is 7.39. The predicted octanol–water partition coefficient (Wildman–Crippen LogP) is 4.18. The summed E-state index contributed by atoms with van der Waals surface area (Å²) < 4.78 is 0. The fraction of sp³-hybridized carbons (Fsp3) is 0.211. The molecule has 0 unspecified atom stereocenters. The Hall–Kier alpha value is -2.51. The second-order valence-electron chi connectivity index (χ2n) is 6.05. The molecule has 1 N–H and O–H groups in total. The molecule has 26 heavy (non-hydrogen) atoms. The number of hydrogen-bond acceptors (Lipinski definition) is 5. The van der Waals surface area contributed by atoms with Crippen molar-refractivity contribution in [2.24, 2.45) is 0 Å². The van der Waals surface area contributed by atoms with Gasteiger partial charge in [0.1, 0.15) is 5.01 Å². The molecule has 4 rings (SSSR count). The summed E-state index contributed by atoms with van der Waals surface area (Å²) in [6.45, 7) is 0.737. The molecule has 3 aromatic rings. The van der Waals surface area contributed by atoms with E-state index in [9.17, 15) is 9.59 Å². The monoisotopic (exact) mass is 383 g/mol. The van der Waals surface area contributed by atoms with E-state index in [-0.39, 0.29) is 18.2 Å². The second-order valence-corrected chi connectivity index (χ2v) is 7.85. The summed E-state index contributed by atoms with van der Waals surface area (Å²) in [6.07, 6.45) is 1.70. The number of benzene rings is 1. The van der Waals surface area contributed by atoms with E-state index in [1.807, 2.05) is 47.2 Å². The van der Waals surface area contributed by atoms with Crippen molar-refractivity contribution >= 4 is 45.9 Å². The molecule has 2 aromatic heterocycles. The number of carbonyl (C=O) groups is 2. The van der Waals surface area contributed by atoms with Gasteiger partial charge < -0.3 is 10.2 Å².